The predicted octanol–water partition coefficient (Wildman–Crippen LogP) is 1.89. The maximum absolute atomic E-state index is 13.3. The lowest BCUT2D eigenvalue weighted by molar-refractivity contribution is 0.160. The van der Waals surface area contributed by atoms with Crippen molar-refractivity contribution in [2.45, 2.75) is 18.9 Å². The summed E-state index contributed by atoms with van der Waals surface area (Å²) >= 11 is 0. The molecule has 4 heteroatoms. The Kier molecular flexibility index (Phi) is 4.96. The summed E-state index contributed by atoms with van der Waals surface area (Å²) in [5, 5.41) is 3.31. The second-order valence-corrected chi connectivity index (χ2v) is 4.71. The topological polar surface area (TPSA) is 24.5 Å². The number of likely N-dealkylation sites (tertiary alicyclic amines) is 1. The summed E-state index contributed by atoms with van der Waals surface area (Å²) in [6.45, 7) is 3.56. The Morgan fingerprint density at radius 1 is 1.44 bits per heavy atom. The molecule has 1 heterocycles. The summed E-state index contributed by atoms with van der Waals surface area (Å²) in [6.07, 6.45) is 2.45. The van der Waals surface area contributed by atoms with Crippen LogP contribution in [0.25, 0.3) is 0 Å². The molecule has 18 heavy (non-hydrogen) atoms. The van der Waals surface area contributed by atoms with Crippen LogP contribution in [0.2, 0.25) is 0 Å². The van der Waals surface area contributed by atoms with Crippen LogP contribution in [0.3, 0.4) is 0 Å². The molecule has 2 rings (SSSR count). The molecule has 1 aliphatic rings. The number of hydrogen-bond acceptors (Lipinski definition) is 3. The summed E-state index contributed by atoms with van der Waals surface area (Å²) in [5.74, 6) is 0.0592. The van der Waals surface area contributed by atoms with E-state index >= 15 is 0 Å². The highest BCUT2D eigenvalue weighted by Gasteiger charge is 2.17. The van der Waals surface area contributed by atoms with E-state index in [0.29, 0.717) is 18.4 Å². The third-order valence-corrected chi connectivity index (χ3v) is 3.42. The van der Waals surface area contributed by atoms with Gasteiger partial charge in [-0.1, -0.05) is 12.1 Å². The minimum atomic E-state index is -0.288. The Bertz CT molecular complexity index is 373. The zero-order valence-corrected chi connectivity index (χ0v) is 10.9. The fourth-order valence-corrected chi connectivity index (χ4v) is 2.34. The van der Waals surface area contributed by atoms with Gasteiger partial charge in [-0.2, -0.15) is 0 Å². The normalized spacial score (nSPS) is 20.9. The summed E-state index contributed by atoms with van der Waals surface area (Å²) in [7, 11) is 2.00. The van der Waals surface area contributed by atoms with E-state index in [2.05, 4.69) is 10.2 Å². The summed E-state index contributed by atoms with van der Waals surface area (Å²) in [6, 6.07) is 7.13. The van der Waals surface area contributed by atoms with Gasteiger partial charge in [-0.15, -0.1) is 0 Å². The van der Waals surface area contributed by atoms with Crippen LogP contribution >= 0.6 is 0 Å². The predicted molar refractivity (Wildman–Crippen MR) is 70.4 cm³/mol. The molecule has 1 saturated heterocycles. The fraction of sp³-hybridized carbons (Fsp3) is 0.571. The van der Waals surface area contributed by atoms with Gasteiger partial charge in [0.05, 0.1) is 0 Å². The van der Waals surface area contributed by atoms with Crippen LogP contribution in [0.4, 0.5) is 4.39 Å². The molecule has 1 aromatic rings. The number of rotatable bonds is 5. The van der Waals surface area contributed by atoms with Crippen molar-refractivity contribution in [1.29, 1.82) is 0 Å². The van der Waals surface area contributed by atoms with Crippen molar-refractivity contribution in [3.63, 3.8) is 0 Å². The van der Waals surface area contributed by atoms with Crippen LogP contribution in [0.1, 0.15) is 12.8 Å². The number of nitrogens with zero attached hydrogens (tertiary/aromatic N) is 1. The second kappa shape index (κ2) is 6.71. The smallest absolute Gasteiger partial charge is 0.165 e. The van der Waals surface area contributed by atoms with Gasteiger partial charge in [0.25, 0.3) is 0 Å². The third kappa shape index (κ3) is 3.68. The lowest BCUT2D eigenvalue weighted by Gasteiger charge is -2.32. The van der Waals surface area contributed by atoms with Gasteiger partial charge >= 0.3 is 0 Å². The van der Waals surface area contributed by atoms with E-state index in [0.717, 1.165) is 19.6 Å². The van der Waals surface area contributed by atoms with Crippen molar-refractivity contribution in [2.24, 2.45) is 0 Å². The molecular formula is C14H21FN2O. The van der Waals surface area contributed by atoms with Gasteiger partial charge < -0.3 is 10.1 Å². The first-order valence-corrected chi connectivity index (χ1v) is 6.56. The molecule has 0 bridgehead atoms. The van der Waals surface area contributed by atoms with Crippen LogP contribution in [0.5, 0.6) is 5.75 Å². The summed E-state index contributed by atoms with van der Waals surface area (Å²) in [4.78, 5) is 2.37. The van der Waals surface area contributed by atoms with Crippen molar-refractivity contribution in [2.75, 3.05) is 33.3 Å². The quantitative estimate of drug-likeness (QED) is 0.866. The first kappa shape index (κ1) is 13.3. The molecule has 1 fully saturated rings. The highest BCUT2D eigenvalue weighted by atomic mass is 19.1. The Balaban J connectivity index is 1.73. The van der Waals surface area contributed by atoms with E-state index in [-0.39, 0.29) is 5.82 Å². The molecule has 1 atom stereocenters. The monoisotopic (exact) mass is 252 g/mol. The minimum absolute atomic E-state index is 0.288. The van der Waals surface area contributed by atoms with E-state index in [4.69, 9.17) is 4.74 Å². The molecule has 0 radical (unpaired) electrons. The van der Waals surface area contributed by atoms with Gasteiger partial charge in [0.2, 0.25) is 0 Å². The van der Waals surface area contributed by atoms with Gasteiger partial charge in [0, 0.05) is 19.1 Å². The summed E-state index contributed by atoms with van der Waals surface area (Å²) in [5.41, 5.74) is 0. The number of piperidine rings is 1. The molecule has 0 amide bonds. The number of nitrogens with one attached hydrogen (secondary N) is 1. The Labute approximate surface area is 108 Å². The molecule has 1 aliphatic heterocycles. The number of benzene rings is 1. The SMILES string of the molecule is CNC1CCCN(CCOc2ccccc2F)C1. The number of likely N-dealkylation sites (N-methyl/N-ethyl adjacent to an activating group) is 1. The van der Waals surface area contributed by atoms with Crippen LogP contribution in [-0.2, 0) is 0 Å². The molecule has 1 N–H and O–H groups in total. The molecule has 1 aromatic carbocycles. The fourth-order valence-electron chi connectivity index (χ4n) is 2.34. The lowest BCUT2D eigenvalue weighted by Crippen LogP contribution is -2.45. The molecule has 0 saturated carbocycles. The van der Waals surface area contributed by atoms with E-state index in [1.165, 1.54) is 18.9 Å². The maximum Gasteiger partial charge on any atom is 0.165 e. The Hall–Kier alpha value is -1.13. The minimum Gasteiger partial charge on any atom is -0.489 e. The molecule has 0 spiro atoms. The van der Waals surface area contributed by atoms with Crippen molar-refractivity contribution in [1.82, 2.24) is 10.2 Å². The molecule has 0 aromatic heterocycles. The van der Waals surface area contributed by atoms with E-state index in [1.807, 2.05) is 7.05 Å². The largest absolute Gasteiger partial charge is 0.489 e. The van der Waals surface area contributed by atoms with Crippen molar-refractivity contribution >= 4 is 0 Å². The summed E-state index contributed by atoms with van der Waals surface area (Å²) < 4.78 is 18.8. The van der Waals surface area contributed by atoms with Crippen molar-refractivity contribution in [3.05, 3.63) is 30.1 Å². The highest BCUT2D eigenvalue weighted by molar-refractivity contribution is 5.23. The van der Waals surface area contributed by atoms with Crippen LogP contribution in [0, 0.1) is 5.82 Å². The number of hydrogen-bond donors (Lipinski definition) is 1. The third-order valence-electron chi connectivity index (χ3n) is 3.42. The van der Waals surface area contributed by atoms with Gasteiger partial charge in [0.1, 0.15) is 6.61 Å². The molecule has 3 nitrogen and oxygen atoms in total. The first-order chi connectivity index (χ1) is 8.79. The zero-order valence-electron chi connectivity index (χ0n) is 10.9. The van der Waals surface area contributed by atoms with Crippen molar-refractivity contribution < 1.29 is 9.13 Å². The molecule has 1 unspecified atom stereocenters. The maximum atomic E-state index is 13.3. The number of ether oxygens (including phenoxy) is 1. The number of halogens is 1. The number of para-hydroxylation sites is 1. The van der Waals surface area contributed by atoms with Gasteiger partial charge in [-0.05, 0) is 38.6 Å². The lowest BCUT2D eigenvalue weighted by atomic mass is 10.1. The van der Waals surface area contributed by atoms with Crippen LogP contribution in [0.15, 0.2) is 24.3 Å². The second-order valence-electron chi connectivity index (χ2n) is 4.71. The molecule has 100 valence electrons. The van der Waals surface area contributed by atoms with E-state index in [1.54, 1.807) is 18.2 Å². The van der Waals surface area contributed by atoms with E-state index in [9.17, 15) is 4.39 Å². The Morgan fingerprint density at radius 2 is 2.28 bits per heavy atom. The van der Waals surface area contributed by atoms with Gasteiger partial charge in [-0.25, -0.2) is 4.39 Å². The first-order valence-electron chi connectivity index (χ1n) is 6.56. The van der Waals surface area contributed by atoms with Gasteiger partial charge in [0.15, 0.2) is 11.6 Å². The zero-order chi connectivity index (χ0) is 12.8. The van der Waals surface area contributed by atoms with Crippen LogP contribution < -0.4 is 10.1 Å². The van der Waals surface area contributed by atoms with Gasteiger partial charge in [-0.3, -0.25) is 4.90 Å². The van der Waals surface area contributed by atoms with E-state index < -0.39 is 0 Å². The molecule has 0 aliphatic carbocycles. The Morgan fingerprint density at radius 3 is 3.06 bits per heavy atom. The highest BCUT2D eigenvalue weighted by Crippen LogP contribution is 2.15. The average Bonchev–Trinajstić information content (AvgIpc) is 2.41. The van der Waals surface area contributed by atoms with Crippen molar-refractivity contribution in [3.8, 4) is 5.75 Å². The standard InChI is InChI=1S/C14H21FN2O/c1-16-12-5-4-8-17(11-12)9-10-18-14-7-3-2-6-13(14)15/h2-3,6-7,12,16H,4-5,8-11H2,1H3. The average molecular weight is 252 g/mol. The molecular weight excluding hydrogens is 231 g/mol. The van der Waals surface area contributed by atoms with Crippen LogP contribution in [-0.4, -0.2) is 44.2 Å².